The lowest BCUT2D eigenvalue weighted by Gasteiger charge is -2.17. The molecule has 0 aliphatic heterocycles. The molecular formula is C20H19ClF3NO2S2. The Morgan fingerprint density at radius 2 is 1.83 bits per heavy atom. The summed E-state index contributed by atoms with van der Waals surface area (Å²) in [7, 11) is -0.253. The predicted molar refractivity (Wildman–Crippen MR) is 116 cm³/mol. The van der Waals surface area contributed by atoms with E-state index < -0.39 is 27.5 Å². The quantitative estimate of drug-likeness (QED) is 0.400. The number of benzene rings is 2. The fraction of sp³-hybridized carbons (Fsp3) is 0.300. The minimum atomic E-state index is -4.60. The zero-order valence-electron chi connectivity index (χ0n) is 16.1. The van der Waals surface area contributed by atoms with Crippen molar-refractivity contribution < 1.29 is 22.1 Å². The van der Waals surface area contributed by atoms with Gasteiger partial charge in [-0.2, -0.15) is 17.6 Å². The summed E-state index contributed by atoms with van der Waals surface area (Å²) in [5, 5.41) is 0.0342. The fourth-order valence-corrected chi connectivity index (χ4v) is 3.46. The average Bonchev–Trinajstić information content (AvgIpc) is 2.63. The Morgan fingerprint density at radius 1 is 1.21 bits per heavy atom. The van der Waals surface area contributed by atoms with E-state index in [9.17, 15) is 17.4 Å². The third-order valence-corrected chi connectivity index (χ3v) is 5.89. The molecule has 0 saturated heterocycles. The van der Waals surface area contributed by atoms with Gasteiger partial charge in [-0.25, -0.2) is 4.21 Å². The van der Waals surface area contributed by atoms with Gasteiger partial charge in [0.1, 0.15) is 11.0 Å². The molecular weight excluding hydrogens is 443 g/mol. The Labute approximate surface area is 180 Å². The van der Waals surface area contributed by atoms with Gasteiger partial charge in [-0.05, 0) is 56.8 Å². The van der Waals surface area contributed by atoms with Crippen LogP contribution in [-0.4, -0.2) is 27.3 Å². The first-order valence-corrected chi connectivity index (χ1v) is 10.3. The van der Waals surface area contributed by atoms with Crippen LogP contribution in [-0.2, 0) is 21.9 Å². The van der Waals surface area contributed by atoms with Crippen molar-refractivity contribution in [3.8, 4) is 11.1 Å². The summed E-state index contributed by atoms with van der Waals surface area (Å²) >= 11 is 11.5. The molecule has 0 heterocycles. The van der Waals surface area contributed by atoms with Gasteiger partial charge in [0.25, 0.3) is 0 Å². The van der Waals surface area contributed by atoms with Crippen LogP contribution in [0.3, 0.4) is 0 Å². The van der Waals surface area contributed by atoms with Crippen molar-refractivity contribution >= 4 is 46.1 Å². The van der Waals surface area contributed by atoms with Crippen molar-refractivity contribution in [1.82, 2.24) is 0 Å². The van der Waals surface area contributed by atoms with Crippen molar-refractivity contribution in [1.29, 1.82) is 0 Å². The first-order valence-electron chi connectivity index (χ1n) is 8.40. The van der Waals surface area contributed by atoms with Gasteiger partial charge < -0.3 is 4.74 Å². The molecule has 0 bridgehead atoms. The number of thiocarbonyl (C=S) groups is 1. The molecule has 29 heavy (non-hydrogen) atoms. The molecule has 0 fully saturated rings. The van der Waals surface area contributed by atoms with Crippen LogP contribution in [0.4, 0.5) is 13.2 Å². The lowest BCUT2D eigenvalue weighted by Crippen LogP contribution is -2.19. The highest BCUT2D eigenvalue weighted by Gasteiger charge is 2.32. The molecule has 0 spiro atoms. The molecule has 0 aliphatic carbocycles. The lowest BCUT2D eigenvalue weighted by atomic mass is 9.94. The molecule has 1 unspecified atom stereocenters. The number of ether oxygens (including phenoxy) is 1. The van der Waals surface area contributed by atoms with Gasteiger partial charge in [-0.15, -0.1) is 0 Å². The van der Waals surface area contributed by atoms with E-state index in [0.29, 0.717) is 16.7 Å². The number of alkyl halides is 3. The van der Waals surface area contributed by atoms with Crippen LogP contribution >= 0.6 is 23.8 Å². The molecule has 9 heteroatoms. The van der Waals surface area contributed by atoms with E-state index in [1.165, 1.54) is 7.11 Å². The molecule has 2 aromatic carbocycles. The molecule has 2 rings (SSSR count). The maximum Gasteiger partial charge on any atom is 0.416 e. The molecule has 1 atom stereocenters. The monoisotopic (exact) mass is 461 g/mol. The second-order valence-electron chi connectivity index (χ2n) is 7.05. The normalized spacial score (nSPS) is 13.5. The number of rotatable bonds is 4. The molecule has 0 N–H and O–H groups in total. The smallest absolute Gasteiger partial charge is 0.416 e. The second-order valence-corrected chi connectivity index (χ2v) is 9.77. The second kappa shape index (κ2) is 8.93. The van der Waals surface area contributed by atoms with E-state index in [4.69, 9.17) is 28.6 Å². The molecule has 0 saturated carbocycles. The highest BCUT2D eigenvalue weighted by atomic mass is 35.5. The third kappa shape index (κ3) is 5.65. The predicted octanol–water partition coefficient (Wildman–Crippen LogP) is 6.23. The van der Waals surface area contributed by atoms with E-state index in [2.05, 4.69) is 4.40 Å². The van der Waals surface area contributed by atoms with Gasteiger partial charge in [0.15, 0.2) is 5.05 Å². The van der Waals surface area contributed by atoms with Crippen molar-refractivity contribution in [2.24, 2.45) is 4.40 Å². The number of hydrogen-bond donors (Lipinski definition) is 0. The van der Waals surface area contributed by atoms with E-state index in [0.717, 1.165) is 18.3 Å². The maximum absolute atomic E-state index is 13.3. The van der Waals surface area contributed by atoms with Gasteiger partial charge in [-0.3, -0.25) is 0 Å². The summed E-state index contributed by atoms with van der Waals surface area (Å²) < 4.78 is 60.7. The van der Waals surface area contributed by atoms with Crippen LogP contribution in [0.25, 0.3) is 11.1 Å². The Bertz CT molecular complexity index is 983. The first-order chi connectivity index (χ1) is 13.4. The highest BCUT2D eigenvalue weighted by molar-refractivity contribution is 7.85. The Balaban J connectivity index is 2.78. The molecule has 2 aromatic rings. The zero-order valence-corrected chi connectivity index (χ0v) is 18.5. The van der Waals surface area contributed by atoms with E-state index in [1.54, 1.807) is 45.0 Å². The van der Waals surface area contributed by atoms with Crippen molar-refractivity contribution in [3.63, 3.8) is 0 Å². The minimum absolute atomic E-state index is 0.0776. The Hall–Kier alpha value is -1.77. The topological polar surface area (TPSA) is 38.7 Å². The lowest BCUT2D eigenvalue weighted by molar-refractivity contribution is -0.137. The standard InChI is InChI=1S/C20H19ClF3NO2S2/c1-19(2,3)29(26)25-11-12-9-13(20(22,23)24)10-16(21)17(12)14-7-5-6-8-15(14)18(28)27-4/h5-11H,1-4H3/b25-11+. The van der Waals surface area contributed by atoms with Crippen LogP contribution in [0.2, 0.25) is 5.02 Å². The maximum atomic E-state index is 13.3. The summed E-state index contributed by atoms with van der Waals surface area (Å²) in [6.45, 7) is 5.15. The number of halogens is 4. The van der Waals surface area contributed by atoms with Crippen molar-refractivity contribution in [2.75, 3.05) is 7.11 Å². The summed E-state index contributed by atoms with van der Waals surface area (Å²) in [6.07, 6.45) is -3.44. The SMILES string of the molecule is COC(=S)c1ccccc1-c1c(Cl)cc(C(F)(F)F)cc1/C=N/S(=O)C(C)(C)C. The number of methoxy groups -OCH3 is 1. The summed E-state index contributed by atoms with van der Waals surface area (Å²) in [4.78, 5) is 0. The van der Waals surface area contributed by atoms with Crippen LogP contribution in [0.5, 0.6) is 0 Å². The van der Waals surface area contributed by atoms with Crippen LogP contribution in [0, 0.1) is 0 Å². The van der Waals surface area contributed by atoms with Gasteiger partial charge in [0.05, 0.1) is 17.4 Å². The fourth-order valence-electron chi connectivity index (χ4n) is 2.43. The molecule has 3 nitrogen and oxygen atoms in total. The van der Waals surface area contributed by atoms with Crippen LogP contribution < -0.4 is 0 Å². The van der Waals surface area contributed by atoms with E-state index >= 15 is 0 Å². The summed E-state index contributed by atoms with van der Waals surface area (Å²) in [5.74, 6) is 0. The number of nitrogens with zero attached hydrogens (tertiary/aromatic N) is 1. The third-order valence-electron chi connectivity index (χ3n) is 3.86. The summed E-state index contributed by atoms with van der Waals surface area (Å²) in [6, 6.07) is 8.57. The van der Waals surface area contributed by atoms with Gasteiger partial charge in [0.2, 0.25) is 0 Å². The van der Waals surface area contributed by atoms with Gasteiger partial charge in [0, 0.05) is 27.9 Å². The largest absolute Gasteiger partial charge is 0.486 e. The Morgan fingerprint density at radius 3 is 2.38 bits per heavy atom. The average molecular weight is 462 g/mol. The van der Waals surface area contributed by atoms with Crippen molar-refractivity contribution in [3.05, 3.63) is 58.1 Å². The van der Waals surface area contributed by atoms with Crippen LogP contribution in [0.15, 0.2) is 40.8 Å². The molecule has 0 amide bonds. The van der Waals surface area contributed by atoms with Crippen molar-refractivity contribution in [2.45, 2.75) is 31.7 Å². The Kier molecular flexibility index (Phi) is 7.24. The van der Waals surface area contributed by atoms with E-state index in [-0.39, 0.29) is 15.6 Å². The first kappa shape index (κ1) is 23.5. The zero-order chi connectivity index (χ0) is 22.0. The van der Waals surface area contributed by atoms with Gasteiger partial charge in [-0.1, -0.05) is 29.8 Å². The highest BCUT2D eigenvalue weighted by Crippen LogP contribution is 2.39. The molecule has 156 valence electrons. The van der Waals surface area contributed by atoms with Gasteiger partial charge >= 0.3 is 6.18 Å². The minimum Gasteiger partial charge on any atom is -0.486 e. The van der Waals surface area contributed by atoms with E-state index in [1.807, 2.05) is 0 Å². The number of hydrogen-bond acceptors (Lipinski definition) is 3. The summed E-state index contributed by atoms with van der Waals surface area (Å²) in [5.41, 5.74) is 0.429. The molecule has 0 radical (unpaired) electrons. The molecule has 0 aromatic heterocycles. The van der Waals surface area contributed by atoms with Crippen LogP contribution in [0.1, 0.15) is 37.5 Å². The molecule has 0 aliphatic rings.